The highest BCUT2D eigenvalue weighted by atomic mass is 79.9. The second-order valence-corrected chi connectivity index (χ2v) is 10.9. The molecule has 3 nitrogen and oxygen atoms in total. The summed E-state index contributed by atoms with van der Waals surface area (Å²) in [6.07, 6.45) is 2.27. The molecular weight excluding hydrogens is 400 g/mol. The molecule has 0 saturated heterocycles. The Bertz CT molecular complexity index is 924. The first-order chi connectivity index (χ1) is 11.8. The Morgan fingerprint density at radius 1 is 1.00 bits per heavy atom. The van der Waals surface area contributed by atoms with Crippen LogP contribution in [0.5, 0.6) is 0 Å². The Labute approximate surface area is 156 Å². The number of rotatable bonds is 5. The molecule has 0 aromatic heterocycles. The second-order valence-electron chi connectivity index (χ2n) is 7.64. The molecule has 3 fully saturated rings. The number of benzene rings is 2. The predicted octanol–water partition coefficient (Wildman–Crippen LogP) is 4.73. The summed E-state index contributed by atoms with van der Waals surface area (Å²) >= 11 is 3.37. The number of carbonyl (C=O) groups excluding carboxylic acids is 1. The van der Waals surface area contributed by atoms with E-state index in [-0.39, 0.29) is 11.2 Å². The lowest BCUT2D eigenvalue weighted by molar-refractivity contribution is -0.0791. The monoisotopic (exact) mass is 418 g/mol. The van der Waals surface area contributed by atoms with Gasteiger partial charge in [-0.3, -0.25) is 4.79 Å². The quantitative estimate of drug-likeness (QED) is 0.659. The standard InChI is InChI=1S/C20H19BrO3S/c1-14-2-8-17(9-3-14)25(23,24)20-11-19(12-20,13-20)10-18(22)15-4-6-16(21)7-5-15/h2-9H,10-13H2,1H3. The van der Waals surface area contributed by atoms with Crippen LogP contribution in [0.25, 0.3) is 0 Å². The lowest BCUT2D eigenvalue weighted by atomic mass is 9.42. The third-order valence-corrected chi connectivity index (χ3v) is 8.69. The van der Waals surface area contributed by atoms with E-state index in [0.29, 0.717) is 36.1 Å². The maximum atomic E-state index is 12.9. The molecule has 0 radical (unpaired) electrons. The van der Waals surface area contributed by atoms with Crippen molar-refractivity contribution in [3.05, 3.63) is 64.1 Å². The number of carbonyl (C=O) groups is 1. The molecule has 0 atom stereocenters. The largest absolute Gasteiger partial charge is 0.294 e. The van der Waals surface area contributed by atoms with Gasteiger partial charge in [-0.2, -0.15) is 0 Å². The number of ketones is 1. The van der Waals surface area contributed by atoms with Crippen LogP contribution in [0.15, 0.2) is 57.9 Å². The van der Waals surface area contributed by atoms with Gasteiger partial charge in [0.25, 0.3) is 0 Å². The molecule has 0 unspecified atom stereocenters. The van der Waals surface area contributed by atoms with E-state index in [1.54, 1.807) is 12.1 Å². The zero-order valence-corrected chi connectivity index (χ0v) is 16.4. The van der Waals surface area contributed by atoms with Crippen molar-refractivity contribution in [1.82, 2.24) is 0 Å². The van der Waals surface area contributed by atoms with E-state index < -0.39 is 14.6 Å². The fraction of sp³-hybridized carbons (Fsp3) is 0.350. The molecule has 3 aliphatic rings. The summed E-state index contributed by atoms with van der Waals surface area (Å²) in [6, 6.07) is 14.4. The van der Waals surface area contributed by atoms with E-state index in [9.17, 15) is 13.2 Å². The van der Waals surface area contributed by atoms with Gasteiger partial charge in [0.2, 0.25) is 0 Å². The van der Waals surface area contributed by atoms with Crippen molar-refractivity contribution in [1.29, 1.82) is 0 Å². The average molecular weight is 419 g/mol. The summed E-state index contributed by atoms with van der Waals surface area (Å²) in [5, 5.41) is 0. The van der Waals surface area contributed by atoms with Crippen molar-refractivity contribution in [2.75, 3.05) is 0 Å². The highest BCUT2D eigenvalue weighted by Crippen LogP contribution is 2.73. The van der Waals surface area contributed by atoms with Crippen molar-refractivity contribution in [2.45, 2.75) is 42.2 Å². The number of aryl methyl sites for hydroxylation is 1. The minimum absolute atomic E-state index is 0.105. The van der Waals surface area contributed by atoms with Crippen molar-refractivity contribution in [2.24, 2.45) is 5.41 Å². The van der Waals surface area contributed by atoms with Crippen LogP contribution in [0.4, 0.5) is 0 Å². The number of hydrogen-bond acceptors (Lipinski definition) is 3. The van der Waals surface area contributed by atoms with Crippen molar-refractivity contribution in [3.63, 3.8) is 0 Å². The zero-order valence-electron chi connectivity index (χ0n) is 14.0. The Balaban J connectivity index is 1.46. The van der Waals surface area contributed by atoms with Gasteiger partial charge in [-0.05, 0) is 55.9 Å². The first-order valence-corrected chi connectivity index (χ1v) is 10.6. The second kappa shape index (κ2) is 5.52. The minimum atomic E-state index is -3.31. The van der Waals surface area contributed by atoms with Gasteiger partial charge in [0, 0.05) is 16.5 Å². The molecule has 2 bridgehead atoms. The molecular formula is C20H19BrO3S. The fourth-order valence-electron chi connectivity index (χ4n) is 4.41. The Morgan fingerprint density at radius 3 is 2.12 bits per heavy atom. The van der Waals surface area contributed by atoms with Crippen LogP contribution in [0.3, 0.4) is 0 Å². The van der Waals surface area contributed by atoms with Gasteiger partial charge in [0.1, 0.15) is 0 Å². The molecule has 0 aliphatic heterocycles. The maximum absolute atomic E-state index is 12.9. The topological polar surface area (TPSA) is 51.2 Å². The molecule has 130 valence electrons. The maximum Gasteiger partial charge on any atom is 0.184 e. The third kappa shape index (κ3) is 2.59. The van der Waals surface area contributed by atoms with Gasteiger partial charge in [0.05, 0.1) is 9.64 Å². The molecule has 5 rings (SSSR count). The summed E-state index contributed by atoms with van der Waals surface area (Å²) < 4.78 is 26.2. The molecule has 0 amide bonds. The van der Waals surface area contributed by atoms with E-state index in [0.717, 1.165) is 10.0 Å². The Morgan fingerprint density at radius 2 is 1.56 bits per heavy atom. The SMILES string of the molecule is Cc1ccc(S(=O)(=O)C23CC(CC(=O)c4ccc(Br)cc4)(C2)C3)cc1. The summed E-state index contributed by atoms with van der Waals surface area (Å²) in [5.41, 5.74) is 1.64. The van der Waals surface area contributed by atoms with Crippen molar-refractivity contribution in [3.8, 4) is 0 Å². The van der Waals surface area contributed by atoms with Crippen LogP contribution in [0.2, 0.25) is 0 Å². The lowest BCUT2D eigenvalue weighted by Crippen LogP contribution is -2.70. The highest BCUT2D eigenvalue weighted by molar-refractivity contribution is 9.10. The summed E-state index contributed by atoms with van der Waals surface area (Å²) in [7, 11) is -3.31. The van der Waals surface area contributed by atoms with Crippen LogP contribution < -0.4 is 0 Å². The van der Waals surface area contributed by atoms with Gasteiger partial charge >= 0.3 is 0 Å². The van der Waals surface area contributed by atoms with E-state index in [1.807, 2.05) is 43.3 Å². The Kier molecular flexibility index (Phi) is 3.75. The first-order valence-electron chi connectivity index (χ1n) is 8.36. The summed E-state index contributed by atoms with van der Waals surface area (Å²) in [4.78, 5) is 12.9. The van der Waals surface area contributed by atoms with Crippen LogP contribution in [-0.4, -0.2) is 18.9 Å². The molecule has 2 aromatic carbocycles. The van der Waals surface area contributed by atoms with Crippen LogP contribution in [0.1, 0.15) is 41.6 Å². The van der Waals surface area contributed by atoms with Gasteiger partial charge in [-0.1, -0.05) is 45.8 Å². The normalized spacial score (nSPS) is 27.3. The molecule has 3 saturated carbocycles. The van der Waals surface area contributed by atoms with Crippen LogP contribution in [0, 0.1) is 12.3 Å². The fourth-order valence-corrected chi connectivity index (χ4v) is 7.16. The highest BCUT2D eigenvalue weighted by Gasteiger charge is 2.74. The zero-order chi connectivity index (χ0) is 17.9. The minimum Gasteiger partial charge on any atom is -0.294 e. The molecule has 3 aliphatic carbocycles. The van der Waals surface area contributed by atoms with E-state index in [4.69, 9.17) is 0 Å². The van der Waals surface area contributed by atoms with Gasteiger partial charge in [-0.15, -0.1) is 0 Å². The summed E-state index contributed by atoms with van der Waals surface area (Å²) in [6.45, 7) is 1.94. The van der Waals surface area contributed by atoms with Crippen LogP contribution in [-0.2, 0) is 9.84 Å². The third-order valence-electron chi connectivity index (χ3n) is 5.69. The number of hydrogen-bond donors (Lipinski definition) is 0. The molecule has 0 spiro atoms. The number of halogens is 1. The first kappa shape index (κ1) is 17.0. The number of Topliss-reactive ketones (excluding diaryl/α,β-unsaturated/α-hetero) is 1. The molecule has 0 N–H and O–H groups in total. The lowest BCUT2D eigenvalue weighted by Gasteiger charge is -2.69. The van der Waals surface area contributed by atoms with Crippen molar-refractivity contribution >= 4 is 31.6 Å². The average Bonchev–Trinajstić information content (AvgIpc) is 2.50. The van der Waals surface area contributed by atoms with Gasteiger partial charge in [-0.25, -0.2) is 8.42 Å². The molecule has 2 aromatic rings. The molecule has 0 heterocycles. The predicted molar refractivity (Wildman–Crippen MR) is 100 cm³/mol. The molecule has 25 heavy (non-hydrogen) atoms. The number of sulfone groups is 1. The van der Waals surface area contributed by atoms with E-state index in [2.05, 4.69) is 15.9 Å². The van der Waals surface area contributed by atoms with Crippen LogP contribution >= 0.6 is 15.9 Å². The van der Waals surface area contributed by atoms with E-state index in [1.165, 1.54) is 0 Å². The van der Waals surface area contributed by atoms with Gasteiger partial charge < -0.3 is 0 Å². The van der Waals surface area contributed by atoms with E-state index >= 15 is 0 Å². The smallest absolute Gasteiger partial charge is 0.184 e. The van der Waals surface area contributed by atoms with Crippen molar-refractivity contribution < 1.29 is 13.2 Å². The Hall–Kier alpha value is -1.46. The summed E-state index contributed by atoms with van der Waals surface area (Å²) in [5.74, 6) is 0.105. The molecule has 5 heteroatoms. The van der Waals surface area contributed by atoms with Gasteiger partial charge in [0.15, 0.2) is 15.6 Å².